The maximum absolute atomic E-state index is 6.12. The van der Waals surface area contributed by atoms with Crippen LogP contribution in [-0.2, 0) is 19.4 Å². The Bertz CT molecular complexity index is 937. The smallest absolute Gasteiger partial charge is 0.120 e. The van der Waals surface area contributed by atoms with Crippen molar-refractivity contribution in [2.75, 3.05) is 20.6 Å². The van der Waals surface area contributed by atoms with Crippen molar-refractivity contribution >= 4 is 12.4 Å². The van der Waals surface area contributed by atoms with E-state index in [0.29, 0.717) is 6.61 Å². The fourth-order valence-electron chi connectivity index (χ4n) is 4.43. The van der Waals surface area contributed by atoms with Gasteiger partial charge >= 0.3 is 0 Å². The fourth-order valence-corrected chi connectivity index (χ4v) is 4.43. The second-order valence-electron chi connectivity index (χ2n) is 8.84. The molecule has 4 rings (SSSR count). The van der Waals surface area contributed by atoms with Crippen molar-refractivity contribution in [1.29, 1.82) is 0 Å². The lowest BCUT2D eigenvalue weighted by Crippen LogP contribution is -2.18. The van der Waals surface area contributed by atoms with Gasteiger partial charge in [-0.25, -0.2) is 0 Å². The standard InChI is InChI=1S/C28H33NO.ClH/c1-29(2)18-6-7-22-10-15-27-20-28(17-16-26(27)19-22)30-21-23-11-13-25(14-12-23)24-8-4-3-5-9-24;/h3-5,8-9,11-14,16-17,20,22H,6-7,10,15,18-19,21H2,1-2H3;1H. The van der Waals surface area contributed by atoms with Gasteiger partial charge < -0.3 is 9.64 Å². The molecule has 3 heteroatoms. The van der Waals surface area contributed by atoms with E-state index >= 15 is 0 Å². The molecule has 164 valence electrons. The molecule has 3 aromatic rings. The first-order valence-corrected chi connectivity index (χ1v) is 11.2. The molecular formula is C28H34ClNO. The van der Waals surface area contributed by atoms with Crippen LogP contribution in [0.1, 0.15) is 36.0 Å². The molecule has 2 nitrogen and oxygen atoms in total. The van der Waals surface area contributed by atoms with Gasteiger partial charge in [0.25, 0.3) is 0 Å². The van der Waals surface area contributed by atoms with Crippen molar-refractivity contribution in [3.05, 3.63) is 89.5 Å². The van der Waals surface area contributed by atoms with Crippen LogP contribution in [0.25, 0.3) is 11.1 Å². The second kappa shape index (κ2) is 11.4. The van der Waals surface area contributed by atoms with Crippen LogP contribution < -0.4 is 4.74 Å². The average Bonchev–Trinajstić information content (AvgIpc) is 2.78. The van der Waals surface area contributed by atoms with E-state index < -0.39 is 0 Å². The summed E-state index contributed by atoms with van der Waals surface area (Å²) in [5.74, 6) is 1.83. The summed E-state index contributed by atoms with van der Waals surface area (Å²) in [4.78, 5) is 2.29. The summed E-state index contributed by atoms with van der Waals surface area (Å²) in [6, 6.07) is 25.9. The van der Waals surface area contributed by atoms with Crippen LogP contribution in [0.3, 0.4) is 0 Å². The highest BCUT2D eigenvalue weighted by Gasteiger charge is 2.19. The van der Waals surface area contributed by atoms with E-state index in [1.54, 1.807) is 0 Å². The minimum absolute atomic E-state index is 0. The van der Waals surface area contributed by atoms with Crippen LogP contribution in [0.5, 0.6) is 5.75 Å². The van der Waals surface area contributed by atoms with Crippen molar-refractivity contribution in [2.45, 2.75) is 38.7 Å². The molecule has 31 heavy (non-hydrogen) atoms. The number of halogens is 1. The third-order valence-electron chi connectivity index (χ3n) is 6.19. The Hall–Kier alpha value is -2.29. The summed E-state index contributed by atoms with van der Waals surface area (Å²) in [5, 5.41) is 0. The molecule has 1 unspecified atom stereocenters. The molecule has 0 bridgehead atoms. The van der Waals surface area contributed by atoms with Gasteiger partial charge in [0.2, 0.25) is 0 Å². The number of nitrogens with zero attached hydrogens (tertiary/aromatic N) is 1. The predicted octanol–water partition coefficient (Wildman–Crippen LogP) is 6.80. The minimum Gasteiger partial charge on any atom is -0.489 e. The monoisotopic (exact) mass is 435 g/mol. The Balaban J connectivity index is 0.00000272. The number of ether oxygens (including phenoxy) is 1. The maximum Gasteiger partial charge on any atom is 0.120 e. The van der Waals surface area contributed by atoms with E-state index in [0.717, 1.165) is 11.7 Å². The molecule has 0 heterocycles. The van der Waals surface area contributed by atoms with Gasteiger partial charge in [0.15, 0.2) is 0 Å². The molecule has 0 fully saturated rings. The Morgan fingerprint density at radius 3 is 2.35 bits per heavy atom. The van der Waals surface area contributed by atoms with Gasteiger partial charge in [-0.2, -0.15) is 0 Å². The zero-order chi connectivity index (χ0) is 20.8. The van der Waals surface area contributed by atoms with Crippen molar-refractivity contribution in [2.24, 2.45) is 5.92 Å². The lowest BCUT2D eigenvalue weighted by Gasteiger charge is -2.25. The van der Waals surface area contributed by atoms with E-state index in [2.05, 4.69) is 91.8 Å². The van der Waals surface area contributed by atoms with Crippen molar-refractivity contribution < 1.29 is 4.74 Å². The van der Waals surface area contributed by atoms with E-state index in [4.69, 9.17) is 4.74 Å². The number of hydrogen-bond donors (Lipinski definition) is 0. The van der Waals surface area contributed by atoms with Crippen LogP contribution >= 0.6 is 12.4 Å². The van der Waals surface area contributed by atoms with Crippen LogP contribution in [0.2, 0.25) is 0 Å². The molecule has 1 aliphatic rings. The van der Waals surface area contributed by atoms with E-state index in [1.165, 1.54) is 66.5 Å². The minimum atomic E-state index is 0. The van der Waals surface area contributed by atoms with Gasteiger partial charge in [0, 0.05) is 0 Å². The van der Waals surface area contributed by atoms with Gasteiger partial charge in [0.05, 0.1) is 0 Å². The topological polar surface area (TPSA) is 12.5 Å². The van der Waals surface area contributed by atoms with Gasteiger partial charge in [-0.05, 0) is 98.6 Å². The number of hydrogen-bond acceptors (Lipinski definition) is 2. The van der Waals surface area contributed by atoms with Crippen molar-refractivity contribution in [3.8, 4) is 16.9 Å². The molecule has 0 aromatic heterocycles. The SMILES string of the molecule is CN(C)CCCC1CCc2cc(OCc3ccc(-c4ccccc4)cc3)ccc2C1.Cl. The molecule has 0 radical (unpaired) electrons. The van der Waals surface area contributed by atoms with Crippen molar-refractivity contribution in [1.82, 2.24) is 4.90 Å². The third-order valence-corrected chi connectivity index (χ3v) is 6.19. The van der Waals surface area contributed by atoms with E-state index in [-0.39, 0.29) is 12.4 Å². The second-order valence-corrected chi connectivity index (χ2v) is 8.84. The molecular weight excluding hydrogens is 402 g/mol. The van der Waals surface area contributed by atoms with Crippen molar-refractivity contribution in [3.63, 3.8) is 0 Å². The highest BCUT2D eigenvalue weighted by Crippen LogP contribution is 2.31. The molecule has 0 saturated heterocycles. The first-order valence-electron chi connectivity index (χ1n) is 11.2. The van der Waals surface area contributed by atoms with E-state index in [1.807, 2.05) is 0 Å². The quantitative estimate of drug-likeness (QED) is 0.385. The largest absolute Gasteiger partial charge is 0.489 e. The summed E-state index contributed by atoms with van der Waals surface area (Å²) in [6.45, 7) is 1.81. The number of fused-ring (bicyclic) bond motifs is 1. The first-order chi connectivity index (χ1) is 14.7. The molecule has 0 saturated carbocycles. The van der Waals surface area contributed by atoms with Crippen LogP contribution in [-0.4, -0.2) is 25.5 Å². The summed E-state index contributed by atoms with van der Waals surface area (Å²) < 4.78 is 6.12. The summed E-state index contributed by atoms with van der Waals surface area (Å²) in [6.07, 6.45) is 6.37. The summed E-state index contributed by atoms with van der Waals surface area (Å²) in [7, 11) is 4.32. The zero-order valence-electron chi connectivity index (χ0n) is 18.7. The highest BCUT2D eigenvalue weighted by atomic mass is 35.5. The lowest BCUT2D eigenvalue weighted by atomic mass is 9.81. The normalized spacial score (nSPS) is 15.3. The maximum atomic E-state index is 6.12. The molecule has 1 aliphatic carbocycles. The van der Waals surface area contributed by atoms with Gasteiger partial charge in [-0.1, -0.05) is 60.7 Å². The number of rotatable bonds is 8. The Morgan fingerprint density at radius 1 is 0.871 bits per heavy atom. The predicted molar refractivity (Wildman–Crippen MR) is 133 cm³/mol. The first kappa shape index (κ1) is 23.4. The molecule has 0 amide bonds. The number of aryl methyl sites for hydroxylation is 1. The summed E-state index contributed by atoms with van der Waals surface area (Å²) in [5.41, 5.74) is 6.70. The van der Waals surface area contributed by atoms with E-state index in [9.17, 15) is 0 Å². The highest BCUT2D eigenvalue weighted by molar-refractivity contribution is 5.85. The van der Waals surface area contributed by atoms with Gasteiger partial charge in [0.1, 0.15) is 12.4 Å². The lowest BCUT2D eigenvalue weighted by molar-refractivity contribution is 0.305. The average molecular weight is 436 g/mol. The van der Waals surface area contributed by atoms with Crippen LogP contribution in [0.15, 0.2) is 72.8 Å². The Kier molecular flexibility index (Phi) is 8.57. The zero-order valence-corrected chi connectivity index (χ0v) is 19.5. The molecule has 0 N–H and O–H groups in total. The molecule has 1 atom stereocenters. The molecule has 0 spiro atoms. The van der Waals surface area contributed by atoms with Gasteiger partial charge in [-0.3, -0.25) is 0 Å². The fraction of sp³-hybridized carbons (Fsp3) is 0.357. The Labute approximate surface area is 193 Å². The molecule has 3 aromatic carbocycles. The molecule has 0 aliphatic heterocycles. The summed E-state index contributed by atoms with van der Waals surface area (Å²) >= 11 is 0. The number of benzene rings is 3. The van der Waals surface area contributed by atoms with Crippen LogP contribution in [0.4, 0.5) is 0 Å². The Morgan fingerprint density at radius 2 is 1.61 bits per heavy atom. The third kappa shape index (κ3) is 6.59. The van der Waals surface area contributed by atoms with Gasteiger partial charge in [-0.15, -0.1) is 12.4 Å². The van der Waals surface area contributed by atoms with Crippen LogP contribution in [0, 0.1) is 5.92 Å².